The number of thioether (sulfide) groups is 13. The molecule has 0 radical (unpaired) electrons. The number of aliphatic hydroxyl groups is 7. The third-order valence-electron chi connectivity index (χ3n) is 8.80. The van der Waals surface area contributed by atoms with Gasteiger partial charge in [-0.3, -0.25) is 0 Å². The fourth-order valence-electron chi connectivity index (χ4n) is 4.72. The zero-order valence-corrected chi connectivity index (χ0v) is 83.6. The van der Waals surface area contributed by atoms with Crippen molar-refractivity contribution in [2.45, 2.75) is 63.3 Å². The number of halogens is 2. The molecule has 1 rings (SSSR count). The van der Waals surface area contributed by atoms with Crippen molar-refractivity contribution < 1.29 is 40.5 Å². The van der Waals surface area contributed by atoms with E-state index in [0.29, 0.717) is 95.3 Å². The molecule has 1 aliphatic heterocycles. The molecule has 11 N–H and O–H groups in total. The number of hydrogen-bond acceptors (Lipinski definition) is 35. The van der Waals surface area contributed by atoms with Gasteiger partial charge in [0.05, 0.1) is 63.3 Å². The third kappa shape index (κ3) is 122. The van der Waals surface area contributed by atoms with Crippen LogP contribution in [0.3, 0.4) is 0 Å². The second-order valence-corrected chi connectivity index (χ2v) is 39.6. The maximum atomic E-state index is 9.56. The number of rotatable bonds is 55. The van der Waals surface area contributed by atoms with Crippen LogP contribution in [0.4, 0.5) is 0 Å². The summed E-state index contributed by atoms with van der Waals surface area (Å²) in [6.45, 7) is 1.52. The molecule has 42 heteroatoms. The first-order chi connectivity index (χ1) is 44.4. The van der Waals surface area contributed by atoms with Gasteiger partial charge in [0, 0.05) is 193 Å². The number of hydrogen-bond donors (Lipinski definition) is 22. The van der Waals surface area contributed by atoms with Crippen molar-refractivity contribution in [3.05, 3.63) is 0 Å². The van der Waals surface area contributed by atoms with Crippen molar-refractivity contribution in [2.24, 2.45) is 11.5 Å². The van der Waals surface area contributed by atoms with Gasteiger partial charge < -0.3 is 51.9 Å². The first kappa shape index (κ1) is 126. The van der Waals surface area contributed by atoms with Crippen molar-refractivity contribution >= 4 is 415 Å². The minimum absolute atomic E-state index is 0. The molecule has 1 aliphatic rings. The predicted molar refractivity (Wildman–Crippen MR) is 526 cm³/mol. The molecule has 570 valence electrons. The summed E-state index contributed by atoms with van der Waals surface area (Å²) in [5, 5.41) is 65.1. The number of ether oxygens (including phenoxy) is 1. The molecule has 94 heavy (non-hydrogen) atoms. The molecular formula is C52H120Cl2N2Na2O8S28. The van der Waals surface area contributed by atoms with Crippen molar-refractivity contribution in [3.63, 3.8) is 0 Å². The van der Waals surface area contributed by atoms with Crippen LogP contribution in [-0.4, -0.2) is 375 Å². The van der Waals surface area contributed by atoms with Gasteiger partial charge in [-0.15, -0.1) is 23.2 Å². The van der Waals surface area contributed by atoms with Gasteiger partial charge >= 0.3 is 43.6 Å². The van der Waals surface area contributed by atoms with E-state index in [4.69, 9.17) is 53.5 Å². The summed E-state index contributed by atoms with van der Waals surface area (Å²) < 4.78 is 4.73. The van der Waals surface area contributed by atoms with E-state index in [9.17, 15) is 10.2 Å². The molecule has 1 saturated heterocycles. The van der Waals surface area contributed by atoms with Gasteiger partial charge in [-0.2, -0.15) is 331 Å². The summed E-state index contributed by atoms with van der Waals surface area (Å²) in [5.74, 6) is 31.9. The van der Waals surface area contributed by atoms with E-state index in [2.05, 4.69) is 188 Å². The Hall–Kier alpha value is 11.4. The average Bonchev–Trinajstić information content (AvgIpc) is 4.53. The number of alkyl halides is 2. The van der Waals surface area contributed by atoms with Gasteiger partial charge in [0.15, 0.2) is 5.11 Å². The van der Waals surface area contributed by atoms with Crippen LogP contribution >= 0.6 is 366 Å². The molecule has 0 aliphatic carbocycles. The molecule has 0 saturated carbocycles. The van der Waals surface area contributed by atoms with Crippen LogP contribution < -0.4 is 11.5 Å². The quantitative estimate of drug-likeness (QED) is 0.00683. The zero-order valence-electron chi connectivity index (χ0n) is 54.0. The van der Waals surface area contributed by atoms with Gasteiger partial charge in [0.1, 0.15) is 0 Å². The normalized spacial score (nSPS) is 14.5. The van der Waals surface area contributed by atoms with E-state index >= 15 is 0 Å². The van der Waals surface area contributed by atoms with Crippen molar-refractivity contribution in [1.82, 2.24) is 0 Å². The molecule has 0 spiro atoms. The Kier molecular flexibility index (Phi) is 155. The molecule has 10 atom stereocenters. The van der Waals surface area contributed by atoms with Crippen molar-refractivity contribution in [1.29, 1.82) is 0 Å². The Morgan fingerprint density at radius 1 is 0.404 bits per heavy atom. The number of thiol groups is 13. The first-order valence-electron chi connectivity index (χ1n) is 29.3. The molecule has 0 aromatic rings. The van der Waals surface area contributed by atoms with E-state index in [1.807, 2.05) is 106 Å². The molecule has 0 aromatic heterocycles. The van der Waals surface area contributed by atoms with Crippen LogP contribution in [0.25, 0.3) is 0 Å². The topological polar surface area (TPSA) is 206 Å². The third-order valence-corrected chi connectivity index (χ3v) is 34.0. The molecule has 0 bridgehead atoms. The number of epoxide rings is 1. The van der Waals surface area contributed by atoms with E-state index in [1.54, 1.807) is 0 Å². The summed E-state index contributed by atoms with van der Waals surface area (Å²) in [6.07, 6.45) is -0.789. The fourth-order valence-corrected chi connectivity index (χ4v) is 24.0. The van der Waals surface area contributed by atoms with Gasteiger partial charge in [-0.05, 0) is 46.7 Å². The van der Waals surface area contributed by atoms with Crippen molar-refractivity contribution in [2.75, 3.05) is 235 Å². The molecule has 0 amide bonds. The van der Waals surface area contributed by atoms with Gasteiger partial charge in [0.25, 0.3) is 0 Å². The van der Waals surface area contributed by atoms with E-state index in [-0.39, 0.29) is 70.6 Å². The molecular weight excluding hydrogens is 1800 g/mol. The zero-order chi connectivity index (χ0) is 71.5. The summed E-state index contributed by atoms with van der Waals surface area (Å²) in [5.41, 5.74) is 9.24. The number of thiocarbonyl (C=S) groups is 1. The Balaban J connectivity index is -0.000000111. The van der Waals surface area contributed by atoms with Crippen LogP contribution in [0.1, 0.15) is 7.43 Å². The SMILES string of the molecule is C.ClCC1CO1.NC(N)=S.OCCS.OCCSCC(O)CCl.OCCSCC(O)CSCC(O)CSCCO.S.SCCSC(CS)CSCC(CS)SCCS.SCCSCC(CS)SC(CS)CSCCS.SCCSCC(CS)SCC(CS)SCCS.[Na][Na]. The van der Waals surface area contributed by atoms with Crippen LogP contribution in [0.5, 0.6) is 0 Å². The van der Waals surface area contributed by atoms with Crippen LogP contribution in [0.15, 0.2) is 0 Å². The summed E-state index contributed by atoms with van der Waals surface area (Å²) >= 11 is 97.3. The Bertz CT molecular complexity index is 1260. The Morgan fingerprint density at radius 2 is 0.649 bits per heavy atom. The van der Waals surface area contributed by atoms with E-state index in [1.165, 1.54) is 125 Å². The van der Waals surface area contributed by atoms with Crippen LogP contribution in [0, 0.1) is 0 Å². The fraction of sp³-hybridized carbons (Fsp3) is 0.981. The maximum absolute atomic E-state index is 9.56. The minimum atomic E-state index is -0.428. The second kappa shape index (κ2) is 115. The monoisotopic (exact) mass is 1910 g/mol. The Labute approximate surface area is 752 Å². The molecule has 10 unspecified atom stereocenters. The molecule has 0 aromatic carbocycles. The predicted octanol–water partition coefficient (Wildman–Crippen LogP) is 10.8. The first-order valence-corrected chi connectivity index (χ1v) is 61.4. The van der Waals surface area contributed by atoms with Gasteiger partial charge in [0.2, 0.25) is 0 Å². The molecule has 1 fully saturated rings. The van der Waals surface area contributed by atoms with Crippen LogP contribution in [0.2, 0.25) is 0 Å². The van der Waals surface area contributed by atoms with Gasteiger partial charge in [-0.1, -0.05) is 7.43 Å². The standard InChI is InChI=1S/C10H22O4S3.3C10H22S7.C5H11ClO2S.C3H5ClO.C2H6OS.CH4N2S.CH4.2Na.H2S/c11-1-3-15-5-9(13)7-17-8-10(14)6-16-4-2-12;11-1-3-16-9(5-13)7-15-8-10(6-14)17-4-2-12;11-1-3-15-7-9(5-13)17-8-10(6-14)16-4-2-12;11-1-3-15-7-9(5-13)17-10(6-14)8-16-4-2-12;6-3-5(8)4-9-2-1-7;4-1-3-2-5-3;3-1-2-4;2-1(3)4;;;;/h4*9-14H,1-8H2;5,7-8H,1-4H2;3H,1-2H2;3-4H,1-2H2;(H4,2,3,4);1H4;;;1H2. The van der Waals surface area contributed by atoms with E-state index < -0.39 is 6.10 Å². The summed E-state index contributed by atoms with van der Waals surface area (Å²) in [6, 6.07) is 0. The number of nitrogens with two attached hydrogens (primary N) is 2. The van der Waals surface area contributed by atoms with Crippen molar-refractivity contribution in [3.8, 4) is 0 Å². The van der Waals surface area contributed by atoms with Crippen LogP contribution in [-0.2, 0) is 4.74 Å². The average molecular weight is 1920 g/mol. The second-order valence-electron chi connectivity index (χ2n) is 17.0. The summed E-state index contributed by atoms with van der Waals surface area (Å²) in [4.78, 5) is 0. The summed E-state index contributed by atoms with van der Waals surface area (Å²) in [7, 11) is 0. The number of aliphatic hydroxyl groups excluding tert-OH is 7. The Morgan fingerprint density at radius 3 is 0.894 bits per heavy atom. The van der Waals surface area contributed by atoms with E-state index in [0.717, 1.165) is 110 Å². The van der Waals surface area contributed by atoms with Gasteiger partial charge in [-0.25, -0.2) is 0 Å². The molecule has 1 heterocycles. The molecule has 10 nitrogen and oxygen atoms in total.